The Hall–Kier alpha value is -1.80. The molecule has 3 heteroatoms. The lowest BCUT2D eigenvalue weighted by Crippen LogP contribution is -2.32. The van der Waals surface area contributed by atoms with Crippen molar-refractivity contribution >= 4 is 23.2 Å². The predicted octanol–water partition coefficient (Wildman–Crippen LogP) is 4.68. The second-order valence-electron chi connectivity index (χ2n) is 4.79. The van der Waals surface area contributed by atoms with Crippen LogP contribution in [0.2, 0.25) is 5.02 Å². The van der Waals surface area contributed by atoms with Crippen LogP contribution in [0.1, 0.15) is 25.0 Å². The number of fused-ring (bicyclic) bond motifs is 1. The molecule has 96 valence electrons. The van der Waals surface area contributed by atoms with E-state index in [0.717, 1.165) is 16.8 Å². The van der Waals surface area contributed by atoms with E-state index in [9.17, 15) is 0 Å². The summed E-state index contributed by atoms with van der Waals surface area (Å²) < 4.78 is 6.03. The van der Waals surface area contributed by atoms with Crippen molar-refractivity contribution in [3.05, 3.63) is 64.7 Å². The molecule has 0 bridgehead atoms. The first-order valence-corrected chi connectivity index (χ1v) is 6.57. The van der Waals surface area contributed by atoms with E-state index in [1.165, 1.54) is 0 Å². The monoisotopic (exact) mass is 271 g/mol. The van der Waals surface area contributed by atoms with Crippen LogP contribution < -0.4 is 0 Å². The second kappa shape index (κ2) is 4.39. The van der Waals surface area contributed by atoms with Gasteiger partial charge in [-0.1, -0.05) is 41.9 Å². The van der Waals surface area contributed by atoms with E-state index in [-0.39, 0.29) is 0 Å². The molecule has 0 saturated carbocycles. The lowest BCUT2D eigenvalue weighted by Gasteiger charge is -2.35. The van der Waals surface area contributed by atoms with Crippen molar-refractivity contribution in [1.29, 1.82) is 0 Å². The molecule has 0 N–H and O–H groups in total. The zero-order chi connectivity index (χ0) is 13.5. The van der Waals surface area contributed by atoms with Crippen LogP contribution in [0.4, 0.5) is 5.69 Å². The summed E-state index contributed by atoms with van der Waals surface area (Å²) in [6, 6.07) is 15.9. The van der Waals surface area contributed by atoms with E-state index in [1.807, 2.05) is 43.3 Å². The smallest absolute Gasteiger partial charge is 0.186 e. The Bertz CT molecular complexity index is 651. The quantitative estimate of drug-likeness (QED) is 0.738. The summed E-state index contributed by atoms with van der Waals surface area (Å²) in [5.41, 5.74) is 2.46. The Morgan fingerprint density at radius 2 is 1.84 bits per heavy atom. The van der Waals surface area contributed by atoms with Gasteiger partial charge in [-0.15, -0.1) is 0 Å². The highest BCUT2D eigenvalue weighted by Crippen LogP contribution is 2.43. The molecule has 3 rings (SSSR count). The Balaban J connectivity index is 2.24. The van der Waals surface area contributed by atoms with Gasteiger partial charge in [0.15, 0.2) is 11.5 Å². The summed E-state index contributed by atoms with van der Waals surface area (Å²) in [5.74, 6) is 0.668. The first-order valence-electron chi connectivity index (χ1n) is 6.19. The van der Waals surface area contributed by atoms with Gasteiger partial charge in [0.05, 0.1) is 5.69 Å². The average Bonchev–Trinajstić information content (AvgIpc) is 2.41. The van der Waals surface area contributed by atoms with Gasteiger partial charge in [-0.05, 0) is 30.7 Å². The maximum absolute atomic E-state index is 6.12. The lowest BCUT2D eigenvalue weighted by atomic mass is 9.86. The fourth-order valence-electron chi connectivity index (χ4n) is 2.50. The van der Waals surface area contributed by atoms with Gasteiger partial charge < -0.3 is 4.74 Å². The van der Waals surface area contributed by atoms with Crippen LogP contribution in [0, 0.1) is 0 Å². The van der Waals surface area contributed by atoms with Gasteiger partial charge in [-0.3, -0.25) is 0 Å². The van der Waals surface area contributed by atoms with Gasteiger partial charge in [0.1, 0.15) is 0 Å². The summed E-state index contributed by atoms with van der Waals surface area (Å²) in [6.07, 6.45) is 0. The van der Waals surface area contributed by atoms with Crippen molar-refractivity contribution in [3.63, 3.8) is 0 Å². The topological polar surface area (TPSA) is 21.6 Å². The van der Waals surface area contributed by atoms with E-state index in [2.05, 4.69) is 24.0 Å². The number of halogens is 1. The molecule has 1 heterocycles. The van der Waals surface area contributed by atoms with Gasteiger partial charge in [0.2, 0.25) is 0 Å². The van der Waals surface area contributed by atoms with Crippen molar-refractivity contribution in [2.75, 3.05) is 0 Å². The maximum Gasteiger partial charge on any atom is 0.186 e. The van der Waals surface area contributed by atoms with Gasteiger partial charge in [-0.25, -0.2) is 4.99 Å². The molecular weight excluding hydrogens is 258 g/mol. The highest BCUT2D eigenvalue weighted by Gasteiger charge is 2.36. The van der Waals surface area contributed by atoms with E-state index in [4.69, 9.17) is 16.3 Å². The molecule has 0 saturated heterocycles. The minimum absolute atomic E-state index is 0.548. The van der Waals surface area contributed by atoms with Crippen molar-refractivity contribution in [2.24, 2.45) is 4.99 Å². The first-order chi connectivity index (χ1) is 9.09. The lowest BCUT2D eigenvalue weighted by molar-refractivity contribution is 0.112. The Labute approximate surface area is 117 Å². The molecule has 0 spiro atoms. The summed E-state index contributed by atoms with van der Waals surface area (Å²) >= 11 is 6.12. The number of nitrogens with zero attached hydrogens (tertiary/aromatic N) is 1. The van der Waals surface area contributed by atoms with Gasteiger partial charge in [0.25, 0.3) is 0 Å². The minimum atomic E-state index is -0.548. The number of benzene rings is 2. The predicted molar refractivity (Wildman–Crippen MR) is 78.2 cm³/mol. The normalized spacial score (nSPS) is 21.3. The molecule has 0 radical (unpaired) electrons. The van der Waals surface area contributed by atoms with Crippen molar-refractivity contribution in [2.45, 2.75) is 19.4 Å². The van der Waals surface area contributed by atoms with Crippen molar-refractivity contribution in [1.82, 2.24) is 0 Å². The van der Waals surface area contributed by atoms with Crippen LogP contribution in [-0.2, 0) is 10.3 Å². The Morgan fingerprint density at radius 1 is 1.11 bits per heavy atom. The molecule has 0 fully saturated rings. The van der Waals surface area contributed by atoms with Crippen LogP contribution in [-0.4, -0.2) is 5.90 Å². The molecule has 19 heavy (non-hydrogen) atoms. The molecule has 1 aliphatic rings. The van der Waals surface area contributed by atoms with Crippen LogP contribution in [0.25, 0.3) is 0 Å². The van der Waals surface area contributed by atoms with Gasteiger partial charge in [-0.2, -0.15) is 0 Å². The fraction of sp³-hybridized carbons (Fsp3) is 0.188. The van der Waals surface area contributed by atoms with E-state index in [1.54, 1.807) is 0 Å². The molecular formula is C16H14ClNO. The molecule has 2 aromatic rings. The summed E-state index contributed by atoms with van der Waals surface area (Å²) in [5, 5.41) is 0.694. The van der Waals surface area contributed by atoms with Crippen LogP contribution in [0.5, 0.6) is 0 Å². The average molecular weight is 272 g/mol. The number of hydrogen-bond donors (Lipinski definition) is 0. The van der Waals surface area contributed by atoms with E-state index >= 15 is 0 Å². The number of aliphatic imine (C=N–C) groups is 1. The van der Waals surface area contributed by atoms with E-state index in [0.29, 0.717) is 10.9 Å². The van der Waals surface area contributed by atoms with Crippen molar-refractivity contribution < 1.29 is 4.74 Å². The Kier molecular flexibility index (Phi) is 2.83. The zero-order valence-electron chi connectivity index (χ0n) is 10.9. The molecule has 1 atom stereocenters. The molecule has 2 nitrogen and oxygen atoms in total. The second-order valence-corrected chi connectivity index (χ2v) is 5.23. The SMILES string of the molecule is CC1=Nc2ccc(Cl)cc2[C@](C)(c2ccccc2)O1. The number of hydrogen-bond acceptors (Lipinski definition) is 2. The van der Waals surface area contributed by atoms with Gasteiger partial charge >= 0.3 is 0 Å². The third-order valence-corrected chi connectivity index (χ3v) is 3.66. The van der Waals surface area contributed by atoms with Crippen LogP contribution in [0.15, 0.2) is 53.5 Å². The number of ether oxygens (including phenoxy) is 1. The third-order valence-electron chi connectivity index (χ3n) is 3.43. The summed E-state index contributed by atoms with van der Waals surface area (Å²) in [6.45, 7) is 3.93. The molecule has 2 aromatic carbocycles. The zero-order valence-corrected chi connectivity index (χ0v) is 11.6. The first kappa shape index (κ1) is 12.2. The highest BCUT2D eigenvalue weighted by molar-refractivity contribution is 6.30. The largest absolute Gasteiger partial charge is 0.465 e. The summed E-state index contributed by atoms with van der Waals surface area (Å²) in [4.78, 5) is 4.44. The molecule has 0 aromatic heterocycles. The molecule has 1 aliphatic heterocycles. The standard InChI is InChI=1S/C16H14ClNO/c1-11-18-15-9-8-13(17)10-14(15)16(2,19-11)12-6-4-3-5-7-12/h3-10H,1-2H3/t16-/m0/s1. The molecule has 0 amide bonds. The summed E-state index contributed by atoms with van der Waals surface area (Å²) in [7, 11) is 0. The van der Waals surface area contributed by atoms with E-state index < -0.39 is 5.60 Å². The van der Waals surface area contributed by atoms with Crippen LogP contribution in [0.3, 0.4) is 0 Å². The third kappa shape index (κ3) is 2.02. The maximum atomic E-state index is 6.12. The van der Waals surface area contributed by atoms with Crippen molar-refractivity contribution in [3.8, 4) is 0 Å². The Morgan fingerprint density at radius 3 is 2.58 bits per heavy atom. The molecule has 0 unspecified atom stereocenters. The number of rotatable bonds is 1. The fourth-order valence-corrected chi connectivity index (χ4v) is 2.67. The minimum Gasteiger partial charge on any atom is -0.465 e. The highest BCUT2D eigenvalue weighted by atomic mass is 35.5. The molecule has 0 aliphatic carbocycles. The van der Waals surface area contributed by atoms with Gasteiger partial charge in [0, 0.05) is 17.5 Å². The van der Waals surface area contributed by atoms with Crippen LogP contribution >= 0.6 is 11.6 Å².